The molecule has 1 rings (SSSR count). The Labute approximate surface area is 86.5 Å². The SMILES string of the molecule is CCCCCc1cnnn1CC(C)C. The first-order chi connectivity index (χ1) is 6.74. The average molecular weight is 195 g/mol. The summed E-state index contributed by atoms with van der Waals surface area (Å²) in [6.45, 7) is 7.63. The van der Waals surface area contributed by atoms with Gasteiger partial charge in [0.15, 0.2) is 0 Å². The van der Waals surface area contributed by atoms with E-state index < -0.39 is 0 Å². The van der Waals surface area contributed by atoms with Crippen LogP contribution in [-0.2, 0) is 13.0 Å². The first-order valence-electron chi connectivity index (χ1n) is 5.61. The Morgan fingerprint density at radius 3 is 2.79 bits per heavy atom. The van der Waals surface area contributed by atoms with E-state index in [-0.39, 0.29) is 0 Å². The zero-order valence-corrected chi connectivity index (χ0v) is 9.53. The molecule has 3 nitrogen and oxygen atoms in total. The second-order valence-corrected chi connectivity index (χ2v) is 4.26. The van der Waals surface area contributed by atoms with Crippen LogP contribution in [0.2, 0.25) is 0 Å². The Bertz CT molecular complexity index is 253. The third-order valence-corrected chi connectivity index (χ3v) is 2.27. The van der Waals surface area contributed by atoms with E-state index >= 15 is 0 Å². The molecule has 0 bridgehead atoms. The van der Waals surface area contributed by atoms with Gasteiger partial charge >= 0.3 is 0 Å². The molecule has 0 atom stereocenters. The molecule has 3 heteroatoms. The average Bonchev–Trinajstić information content (AvgIpc) is 2.52. The molecule has 14 heavy (non-hydrogen) atoms. The third kappa shape index (κ3) is 3.48. The summed E-state index contributed by atoms with van der Waals surface area (Å²) in [5, 5.41) is 8.07. The van der Waals surface area contributed by atoms with Crippen LogP contribution in [0.3, 0.4) is 0 Å². The Hall–Kier alpha value is -0.860. The van der Waals surface area contributed by atoms with Crippen molar-refractivity contribution >= 4 is 0 Å². The van der Waals surface area contributed by atoms with Gasteiger partial charge in [0.25, 0.3) is 0 Å². The van der Waals surface area contributed by atoms with Crippen LogP contribution >= 0.6 is 0 Å². The predicted molar refractivity (Wildman–Crippen MR) is 58.1 cm³/mol. The number of hydrogen-bond donors (Lipinski definition) is 0. The number of rotatable bonds is 6. The minimum atomic E-state index is 0.640. The van der Waals surface area contributed by atoms with Gasteiger partial charge in [0, 0.05) is 6.54 Å². The molecule has 1 heterocycles. The van der Waals surface area contributed by atoms with Crippen LogP contribution in [0.4, 0.5) is 0 Å². The van der Waals surface area contributed by atoms with Crippen LogP contribution in [0.5, 0.6) is 0 Å². The summed E-state index contributed by atoms with van der Waals surface area (Å²) < 4.78 is 2.04. The van der Waals surface area contributed by atoms with Crippen molar-refractivity contribution in [2.24, 2.45) is 5.92 Å². The van der Waals surface area contributed by atoms with Crippen molar-refractivity contribution in [2.75, 3.05) is 0 Å². The number of aryl methyl sites for hydroxylation is 1. The fourth-order valence-electron chi connectivity index (χ4n) is 1.53. The largest absolute Gasteiger partial charge is 0.249 e. The van der Waals surface area contributed by atoms with E-state index in [1.54, 1.807) is 0 Å². The number of hydrogen-bond acceptors (Lipinski definition) is 2. The van der Waals surface area contributed by atoms with E-state index in [0.29, 0.717) is 5.92 Å². The highest BCUT2D eigenvalue weighted by molar-refractivity contribution is 4.94. The second kappa shape index (κ2) is 5.78. The van der Waals surface area contributed by atoms with Crippen molar-refractivity contribution in [3.05, 3.63) is 11.9 Å². The van der Waals surface area contributed by atoms with Gasteiger partial charge in [0.2, 0.25) is 0 Å². The number of unbranched alkanes of at least 4 members (excludes halogenated alkanes) is 2. The Morgan fingerprint density at radius 1 is 1.36 bits per heavy atom. The Kier molecular flexibility index (Phi) is 4.63. The molecule has 0 aromatic carbocycles. The van der Waals surface area contributed by atoms with Gasteiger partial charge in [-0.05, 0) is 18.8 Å². The van der Waals surface area contributed by atoms with Gasteiger partial charge in [-0.2, -0.15) is 0 Å². The first kappa shape index (κ1) is 11.2. The van der Waals surface area contributed by atoms with E-state index in [9.17, 15) is 0 Å². The van der Waals surface area contributed by atoms with E-state index in [1.807, 2.05) is 10.9 Å². The quantitative estimate of drug-likeness (QED) is 0.653. The maximum atomic E-state index is 4.10. The van der Waals surface area contributed by atoms with Crippen LogP contribution < -0.4 is 0 Å². The highest BCUT2D eigenvalue weighted by Crippen LogP contribution is 2.07. The second-order valence-electron chi connectivity index (χ2n) is 4.26. The minimum Gasteiger partial charge on any atom is -0.249 e. The molecular weight excluding hydrogens is 174 g/mol. The summed E-state index contributed by atoms with van der Waals surface area (Å²) in [6, 6.07) is 0. The Balaban J connectivity index is 2.45. The van der Waals surface area contributed by atoms with E-state index in [1.165, 1.54) is 25.0 Å². The lowest BCUT2D eigenvalue weighted by atomic mass is 10.1. The van der Waals surface area contributed by atoms with E-state index in [0.717, 1.165) is 13.0 Å². The summed E-state index contributed by atoms with van der Waals surface area (Å²) in [6.07, 6.45) is 6.84. The molecule has 0 aliphatic carbocycles. The van der Waals surface area contributed by atoms with Gasteiger partial charge in [-0.15, -0.1) is 5.10 Å². The predicted octanol–water partition coefficient (Wildman–Crippen LogP) is 2.67. The van der Waals surface area contributed by atoms with Gasteiger partial charge < -0.3 is 0 Å². The summed E-state index contributed by atoms with van der Waals surface area (Å²) in [5.41, 5.74) is 1.28. The van der Waals surface area contributed by atoms with Crippen molar-refractivity contribution < 1.29 is 0 Å². The molecular formula is C11H21N3. The van der Waals surface area contributed by atoms with Crippen LogP contribution in [-0.4, -0.2) is 15.0 Å². The summed E-state index contributed by atoms with van der Waals surface area (Å²) in [7, 11) is 0. The molecule has 0 aliphatic heterocycles. The molecule has 0 saturated heterocycles. The van der Waals surface area contributed by atoms with Crippen molar-refractivity contribution in [1.82, 2.24) is 15.0 Å². The molecule has 0 unspecified atom stereocenters. The highest BCUT2D eigenvalue weighted by atomic mass is 15.4. The topological polar surface area (TPSA) is 30.7 Å². The van der Waals surface area contributed by atoms with Crippen LogP contribution in [0.1, 0.15) is 45.7 Å². The Morgan fingerprint density at radius 2 is 2.14 bits per heavy atom. The molecule has 0 amide bonds. The van der Waals surface area contributed by atoms with Crippen LogP contribution in [0.25, 0.3) is 0 Å². The molecule has 0 fully saturated rings. The van der Waals surface area contributed by atoms with E-state index in [2.05, 4.69) is 31.1 Å². The molecule has 0 saturated carbocycles. The fourth-order valence-corrected chi connectivity index (χ4v) is 1.53. The standard InChI is InChI=1S/C11H21N3/c1-4-5-6-7-11-8-12-13-14(11)9-10(2)3/h8,10H,4-7,9H2,1-3H3. The van der Waals surface area contributed by atoms with Gasteiger partial charge in [0.1, 0.15) is 0 Å². The smallest absolute Gasteiger partial charge is 0.0725 e. The molecule has 0 radical (unpaired) electrons. The molecule has 0 spiro atoms. The zero-order valence-electron chi connectivity index (χ0n) is 9.53. The van der Waals surface area contributed by atoms with Crippen molar-refractivity contribution in [2.45, 2.75) is 53.0 Å². The van der Waals surface area contributed by atoms with Crippen molar-refractivity contribution in [1.29, 1.82) is 0 Å². The maximum absolute atomic E-state index is 4.10. The third-order valence-electron chi connectivity index (χ3n) is 2.27. The first-order valence-corrected chi connectivity index (χ1v) is 5.61. The normalized spacial score (nSPS) is 11.1. The van der Waals surface area contributed by atoms with Crippen molar-refractivity contribution in [3.63, 3.8) is 0 Å². The monoisotopic (exact) mass is 195 g/mol. The highest BCUT2D eigenvalue weighted by Gasteiger charge is 2.04. The van der Waals surface area contributed by atoms with Gasteiger partial charge in [0.05, 0.1) is 11.9 Å². The van der Waals surface area contributed by atoms with Gasteiger partial charge in [-0.3, -0.25) is 0 Å². The zero-order chi connectivity index (χ0) is 10.4. The lowest BCUT2D eigenvalue weighted by Gasteiger charge is -2.07. The minimum absolute atomic E-state index is 0.640. The molecule has 0 aliphatic rings. The summed E-state index contributed by atoms with van der Waals surface area (Å²) in [5.74, 6) is 0.640. The molecule has 0 N–H and O–H groups in total. The van der Waals surface area contributed by atoms with Gasteiger partial charge in [-0.25, -0.2) is 4.68 Å². The lowest BCUT2D eigenvalue weighted by Crippen LogP contribution is -2.09. The van der Waals surface area contributed by atoms with Gasteiger partial charge in [-0.1, -0.05) is 38.8 Å². The van der Waals surface area contributed by atoms with Crippen molar-refractivity contribution in [3.8, 4) is 0 Å². The fraction of sp³-hybridized carbons (Fsp3) is 0.818. The summed E-state index contributed by atoms with van der Waals surface area (Å²) in [4.78, 5) is 0. The molecule has 80 valence electrons. The molecule has 1 aromatic rings. The van der Waals surface area contributed by atoms with Crippen LogP contribution in [0.15, 0.2) is 6.20 Å². The summed E-state index contributed by atoms with van der Waals surface area (Å²) >= 11 is 0. The van der Waals surface area contributed by atoms with Crippen LogP contribution in [0, 0.1) is 5.92 Å². The molecule has 1 aromatic heterocycles. The lowest BCUT2D eigenvalue weighted by molar-refractivity contribution is 0.455. The number of nitrogens with zero attached hydrogens (tertiary/aromatic N) is 3. The maximum Gasteiger partial charge on any atom is 0.0725 e. The number of aromatic nitrogens is 3. The van der Waals surface area contributed by atoms with E-state index in [4.69, 9.17) is 0 Å².